The summed E-state index contributed by atoms with van der Waals surface area (Å²) in [7, 11) is 0.710. The third-order valence-corrected chi connectivity index (χ3v) is 8.42. The largest absolute Gasteiger partial charge is 0.395 e. The van der Waals surface area contributed by atoms with Gasteiger partial charge in [-0.1, -0.05) is 35.5 Å². The minimum absolute atomic E-state index is 0.707. The van der Waals surface area contributed by atoms with Gasteiger partial charge in [0.1, 0.15) is 0 Å². The Bertz CT molecular complexity index is 439. The van der Waals surface area contributed by atoms with Crippen molar-refractivity contribution in [3.8, 4) is 0 Å². The van der Waals surface area contributed by atoms with Crippen molar-refractivity contribution in [2.24, 2.45) is 0 Å². The van der Waals surface area contributed by atoms with Crippen LogP contribution in [0.15, 0.2) is 48.8 Å². The molecule has 0 spiro atoms. The van der Waals surface area contributed by atoms with Crippen LogP contribution in [0.4, 0.5) is 11.4 Å². The number of benzene rings is 1. The second-order valence-electron chi connectivity index (χ2n) is 4.22. The van der Waals surface area contributed by atoms with Gasteiger partial charge in [-0.3, -0.25) is 0 Å². The standard InChI is InChI=1S/C14H22N2SSi2/c1-7-18(5)15(3)13-11-9-10-12-14(13)16(17-4)19(6)8-2/h7-12H,1-2H2,3-6H3. The Balaban J connectivity index is 3.20. The summed E-state index contributed by atoms with van der Waals surface area (Å²) < 4.78 is 4.75. The van der Waals surface area contributed by atoms with Crippen LogP contribution in [0.3, 0.4) is 0 Å². The van der Waals surface area contributed by atoms with Gasteiger partial charge < -0.3 is 8.54 Å². The van der Waals surface area contributed by atoms with Gasteiger partial charge >= 0.3 is 0 Å². The van der Waals surface area contributed by atoms with E-state index in [1.807, 2.05) is 0 Å². The van der Waals surface area contributed by atoms with Gasteiger partial charge in [0, 0.05) is 6.26 Å². The van der Waals surface area contributed by atoms with Crippen LogP contribution in [0.2, 0.25) is 13.1 Å². The molecule has 0 bridgehead atoms. The average Bonchev–Trinajstić information content (AvgIpc) is 2.46. The van der Waals surface area contributed by atoms with Gasteiger partial charge in [0.15, 0.2) is 8.96 Å². The van der Waals surface area contributed by atoms with E-state index in [9.17, 15) is 0 Å². The third kappa shape index (κ3) is 3.78. The zero-order valence-electron chi connectivity index (χ0n) is 12.2. The molecule has 0 heterocycles. The Morgan fingerprint density at radius 1 is 1.05 bits per heavy atom. The Hall–Kier alpha value is -0.916. The molecular weight excluding hydrogens is 284 g/mol. The van der Waals surface area contributed by atoms with E-state index in [-0.39, 0.29) is 0 Å². The number of hydrogen-bond donors (Lipinski definition) is 0. The van der Waals surface area contributed by atoms with Crippen molar-refractivity contribution in [3.05, 3.63) is 48.8 Å². The molecule has 0 aliphatic carbocycles. The fraction of sp³-hybridized carbons (Fsp3) is 0.286. The number of hydrogen-bond acceptors (Lipinski definition) is 3. The van der Waals surface area contributed by atoms with Gasteiger partial charge in [0.05, 0.1) is 11.4 Å². The third-order valence-electron chi connectivity index (χ3n) is 3.08. The molecule has 1 aromatic rings. The topological polar surface area (TPSA) is 6.48 Å². The molecule has 0 saturated heterocycles. The summed E-state index contributed by atoms with van der Waals surface area (Å²) in [6, 6.07) is 8.58. The van der Waals surface area contributed by atoms with Crippen LogP contribution in [0.5, 0.6) is 0 Å². The molecule has 2 radical (unpaired) electrons. The second-order valence-corrected chi connectivity index (χ2v) is 9.77. The fourth-order valence-electron chi connectivity index (χ4n) is 1.76. The zero-order valence-corrected chi connectivity index (χ0v) is 15.0. The van der Waals surface area contributed by atoms with E-state index in [4.69, 9.17) is 0 Å². The number of rotatable bonds is 7. The molecule has 0 fully saturated rings. The highest BCUT2D eigenvalue weighted by molar-refractivity contribution is 8.01. The van der Waals surface area contributed by atoms with Crippen LogP contribution in [0, 0.1) is 0 Å². The first-order chi connectivity index (χ1) is 9.06. The average molecular weight is 307 g/mol. The van der Waals surface area contributed by atoms with Crippen molar-refractivity contribution >= 4 is 41.2 Å². The van der Waals surface area contributed by atoms with E-state index in [1.165, 1.54) is 11.4 Å². The van der Waals surface area contributed by atoms with Crippen LogP contribution >= 0.6 is 11.9 Å². The molecule has 2 nitrogen and oxygen atoms in total. The van der Waals surface area contributed by atoms with Gasteiger partial charge in [-0.05, 0) is 32.3 Å². The van der Waals surface area contributed by atoms with Crippen LogP contribution in [-0.2, 0) is 0 Å². The lowest BCUT2D eigenvalue weighted by Gasteiger charge is -2.32. The Morgan fingerprint density at radius 2 is 1.58 bits per heavy atom. The van der Waals surface area contributed by atoms with Crippen LogP contribution in [0.25, 0.3) is 0 Å². The molecular formula is C14H22N2SSi2. The smallest absolute Gasteiger partial charge is 0.207 e. The van der Waals surface area contributed by atoms with Crippen molar-refractivity contribution in [1.82, 2.24) is 0 Å². The van der Waals surface area contributed by atoms with Crippen molar-refractivity contribution in [1.29, 1.82) is 0 Å². The summed E-state index contributed by atoms with van der Waals surface area (Å²) in [4.78, 5) is 0. The fourth-order valence-corrected chi connectivity index (χ4v) is 5.07. The van der Waals surface area contributed by atoms with E-state index in [1.54, 1.807) is 11.9 Å². The molecule has 5 heteroatoms. The van der Waals surface area contributed by atoms with Crippen LogP contribution < -0.4 is 8.54 Å². The molecule has 0 unspecified atom stereocenters. The quantitative estimate of drug-likeness (QED) is 0.557. The molecule has 0 aliphatic heterocycles. The molecule has 1 rings (SSSR count). The summed E-state index contributed by atoms with van der Waals surface area (Å²) in [5.74, 6) is 0. The monoisotopic (exact) mass is 306 g/mol. The SMILES string of the molecule is C=C[Si](C)N(C)c1ccccc1N(SC)[Si](C)C=C. The minimum atomic E-state index is -0.739. The molecule has 0 saturated carbocycles. The van der Waals surface area contributed by atoms with Gasteiger partial charge in [-0.15, -0.1) is 13.2 Å². The minimum Gasteiger partial charge on any atom is -0.395 e. The van der Waals surface area contributed by atoms with E-state index in [2.05, 4.69) is 83.8 Å². The van der Waals surface area contributed by atoms with Crippen molar-refractivity contribution < 1.29 is 0 Å². The number of anilines is 2. The predicted octanol–water partition coefficient (Wildman–Crippen LogP) is 3.90. The molecule has 19 heavy (non-hydrogen) atoms. The lowest BCUT2D eigenvalue weighted by molar-refractivity contribution is 1.29. The molecule has 0 atom stereocenters. The van der Waals surface area contributed by atoms with E-state index >= 15 is 0 Å². The maximum absolute atomic E-state index is 3.95. The lowest BCUT2D eigenvalue weighted by Crippen LogP contribution is -2.35. The highest BCUT2D eigenvalue weighted by atomic mass is 32.2. The normalized spacial score (nSPS) is 10.6. The van der Waals surface area contributed by atoms with E-state index in [0.29, 0.717) is 0 Å². The number of nitrogens with zero attached hydrogens (tertiary/aromatic N) is 2. The first-order valence-corrected chi connectivity index (χ1v) is 11.4. The van der Waals surface area contributed by atoms with Crippen LogP contribution in [0.1, 0.15) is 0 Å². The van der Waals surface area contributed by atoms with Gasteiger partial charge in [-0.25, -0.2) is 0 Å². The maximum atomic E-state index is 3.95. The van der Waals surface area contributed by atoms with Crippen molar-refractivity contribution in [3.63, 3.8) is 0 Å². The number of para-hydroxylation sites is 2. The Kier molecular flexibility index (Phi) is 6.47. The summed E-state index contributed by atoms with van der Waals surface area (Å²) in [6.07, 6.45) is 2.12. The van der Waals surface area contributed by atoms with Gasteiger partial charge in [0.2, 0.25) is 8.96 Å². The summed E-state index contributed by atoms with van der Waals surface area (Å²) in [6.45, 7) is 12.4. The van der Waals surface area contributed by atoms with E-state index < -0.39 is 17.9 Å². The molecule has 1 aromatic carbocycles. The molecule has 0 aliphatic rings. The first-order valence-electron chi connectivity index (χ1n) is 6.15. The highest BCUT2D eigenvalue weighted by Crippen LogP contribution is 2.33. The summed E-state index contributed by atoms with van der Waals surface area (Å²) in [5.41, 5.74) is 6.69. The van der Waals surface area contributed by atoms with Gasteiger partial charge in [-0.2, -0.15) is 0 Å². The second kappa shape index (κ2) is 7.62. The molecule has 102 valence electrons. The predicted molar refractivity (Wildman–Crippen MR) is 94.5 cm³/mol. The lowest BCUT2D eigenvalue weighted by atomic mass is 10.3. The van der Waals surface area contributed by atoms with Gasteiger partial charge in [0.25, 0.3) is 0 Å². The zero-order chi connectivity index (χ0) is 14.4. The Morgan fingerprint density at radius 3 is 2.05 bits per heavy atom. The van der Waals surface area contributed by atoms with Crippen molar-refractivity contribution in [2.75, 3.05) is 21.8 Å². The summed E-state index contributed by atoms with van der Waals surface area (Å²) in [5, 5.41) is 0. The molecule has 0 aromatic heterocycles. The summed E-state index contributed by atoms with van der Waals surface area (Å²) >= 11 is 1.77. The Labute approximate surface area is 125 Å². The van der Waals surface area contributed by atoms with Crippen molar-refractivity contribution in [2.45, 2.75) is 13.1 Å². The van der Waals surface area contributed by atoms with Crippen LogP contribution in [-0.4, -0.2) is 31.2 Å². The molecule has 0 amide bonds. The van der Waals surface area contributed by atoms with E-state index in [0.717, 1.165) is 0 Å². The molecule has 0 N–H and O–H groups in total. The maximum Gasteiger partial charge on any atom is 0.207 e. The first kappa shape index (κ1) is 16.1. The highest BCUT2D eigenvalue weighted by Gasteiger charge is 2.19.